The fourth-order valence-corrected chi connectivity index (χ4v) is 2.15. The SMILES string of the molecule is COc1ccc(CN=C(NCCc2ccco2)NCC(=O)N(C)C)cc1.I. The Morgan fingerprint density at radius 2 is 1.93 bits per heavy atom. The molecule has 2 rings (SSSR count). The molecule has 0 aliphatic carbocycles. The quantitative estimate of drug-likeness (QED) is 0.340. The van der Waals surface area contributed by atoms with Crippen LogP contribution in [0.3, 0.4) is 0 Å². The molecule has 0 aliphatic rings. The first-order valence-electron chi connectivity index (χ1n) is 8.46. The van der Waals surface area contributed by atoms with Crippen molar-refractivity contribution in [3.8, 4) is 5.75 Å². The summed E-state index contributed by atoms with van der Waals surface area (Å²) in [5, 5.41) is 6.29. The topological polar surface area (TPSA) is 79.1 Å². The van der Waals surface area contributed by atoms with Crippen LogP contribution in [0.25, 0.3) is 0 Å². The minimum Gasteiger partial charge on any atom is -0.497 e. The molecule has 0 unspecified atom stereocenters. The van der Waals surface area contributed by atoms with Gasteiger partial charge in [-0.15, -0.1) is 24.0 Å². The molecule has 0 aliphatic heterocycles. The number of hydrogen-bond acceptors (Lipinski definition) is 4. The molecule has 8 heteroatoms. The van der Waals surface area contributed by atoms with Gasteiger partial charge in [0.15, 0.2) is 5.96 Å². The van der Waals surface area contributed by atoms with E-state index in [4.69, 9.17) is 9.15 Å². The van der Waals surface area contributed by atoms with E-state index >= 15 is 0 Å². The average molecular weight is 486 g/mol. The summed E-state index contributed by atoms with van der Waals surface area (Å²) in [6, 6.07) is 11.5. The zero-order valence-electron chi connectivity index (χ0n) is 15.9. The molecule has 0 bridgehead atoms. The van der Waals surface area contributed by atoms with Crippen molar-refractivity contribution in [2.24, 2.45) is 4.99 Å². The van der Waals surface area contributed by atoms with Crippen molar-refractivity contribution in [2.75, 3.05) is 34.3 Å². The van der Waals surface area contributed by atoms with Crippen LogP contribution in [0.15, 0.2) is 52.1 Å². The average Bonchev–Trinajstić information content (AvgIpc) is 3.17. The molecule has 0 saturated carbocycles. The van der Waals surface area contributed by atoms with Crippen molar-refractivity contribution in [2.45, 2.75) is 13.0 Å². The van der Waals surface area contributed by atoms with Crippen LogP contribution in [0.5, 0.6) is 5.75 Å². The molecule has 7 nitrogen and oxygen atoms in total. The van der Waals surface area contributed by atoms with Gasteiger partial charge in [0.05, 0.1) is 26.5 Å². The zero-order chi connectivity index (χ0) is 18.8. The summed E-state index contributed by atoms with van der Waals surface area (Å²) in [7, 11) is 5.09. The highest BCUT2D eigenvalue weighted by atomic mass is 127. The van der Waals surface area contributed by atoms with Crippen LogP contribution < -0.4 is 15.4 Å². The third kappa shape index (κ3) is 8.33. The summed E-state index contributed by atoms with van der Waals surface area (Å²) >= 11 is 0. The highest BCUT2D eigenvalue weighted by molar-refractivity contribution is 14.0. The molecular formula is C19H27IN4O3. The summed E-state index contributed by atoms with van der Waals surface area (Å²) in [5.41, 5.74) is 1.05. The number of furan rings is 1. The molecule has 0 fully saturated rings. The van der Waals surface area contributed by atoms with E-state index in [1.807, 2.05) is 36.4 Å². The van der Waals surface area contributed by atoms with Gasteiger partial charge in [-0.3, -0.25) is 4.79 Å². The van der Waals surface area contributed by atoms with Crippen LogP contribution >= 0.6 is 24.0 Å². The monoisotopic (exact) mass is 486 g/mol. The number of benzene rings is 1. The first kappa shape index (κ1) is 22.8. The number of guanidine groups is 1. The number of halogens is 1. The Kier molecular flexibility index (Phi) is 10.3. The van der Waals surface area contributed by atoms with Crippen LogP contribution in [0, 0.1) is 0 Å². The summed E-state index contributed by atoms with van der Waals surface area (Å²) in [5.74, 6) is 2.28. The molecule has 27 heavy (non-hydrogen) atoms. The maximum absolute atomic E-state index is 11.8. The molecule has 2 N–H and O–H groups in total. The third-order valence-corrected chi connectivity index (χ3v) is 3.73. The van der Waals surface area contributed by atoms with Gasteiger partial charge in [-0.05, 0) is 29.8 Å². The highest BCUT2D eigenvalue weighted by Crippen LogP contribution is 2.11. The molecule has 2 aromatic rings. The minimum absolute atomic E-state index is 0. The lowest BCUT2D eigenvalue weighted by Gasteiger charge is -2.14. The third-order valence-electron chi connectivity index (χ3n) is 3.73. The Morgan fingerprint density at radius 3 is 2.52 bits per heavy atom. The molecule has 1 aromatic carbocycles. The molecular weight excluding hydrogens is 459 g/mol. The van der Waals surface area contributed by atoms with Crippen molar-refractivity contribution in [3.63, 3.8) is 0 Å². The molecule has 0 spiro atoms. The number of ether oxygens (including phenoxy) is 1. The Labute approximate surface area is 177 Å². The standard InChI is InChI=1S/C19H26N4O3.HI/c1-23(2)18(24)14-22-19(20-11-10-17-5-4-12-26-17)21-13-15-6-8-16(25-3)9-7-15;/h4-9,12H,10-11,13-14H2,1-3H3,(H2,20,21,22);1H. The van der Waals surface area contributed by atoms with Gasteiger partial charge in [0, 0.05) is 27.1 Å². The van der Waals surface area contributed by atoms with Crippen LogP contribution in [0.4, 0.5) is 0 Å². The normalized spacial score (nSPS) is 10.7. The van der Waals surface area contributed by atoms with Crippen molar-refractivity contribution in [1.29, 1.82) is 0 Å². The lowest BCUT2D eigenvalue weighted by Crippen LogP contribution is -2.43. The van der Waals surface area contributed by atoms with Gasteiger partial charge < -0.3 is 24.7 Å². The molecule has 0 radical (unpaired) electrons. The molecule has 0 atom stereocenters. The van der Waals surface area contributed by atoms with Crippen molar-refractivity contribution in [3.05, 3.63) is 54.0 Å². The van der Waals surface area contributed by atoms with Gasteiger partial charge in [-0.25, -0.2) is 4.99 Å². The molecule has 1 heterocycles. The second-order valence-corrected chi connectivity index (χ2v) is 5.91. The largest absolute Gasteiger partial charge is 0.497 e. The van der Waals surface area contributed by atoms with E-state index in [0.29, 0.717) is 19.0 Å². The second-order valence-electron chi connectivity index (χ2n) is 5.91. The number of aliphatic imine (C=N–C) groups is 1. The van der Waals surface area contributed by atoms with Crippen LogP contribution in [0.2, 0.25) is 0 Å². The summed E-state index contributed by atoms with van der Waals surface area (Å²) in [6.07, 6.45) is 2.39. The number of amides is 1. The van der Waals surface area contributed by atoms with Crippen molar-refractivity contribution in [1.82, 2.24) is 15.5 Å². The minimum atomic E-state index is -0.0185. The molecule has 148 valence electrons. The molecule has 1 amide bonds. The van der Waals surface area contributed by atoms with E-state index in [2.05, 4.69) is 15.6 Å². The van der Waals surface area contributed by atoms with E-state index in [1.54, 1.807) is 27.5 Å². The predicted molar refractivity (Wildman–Crippen MR) is 117 cm³/mol. The van der Waals surface area contributed by atoms with Gasteiger partial charge in [0.25, 0.3) is 0 Å². The van der Waals surface area contributed by atoms with Gasteiger partial charge in [-0.2, -0.15) is 0 Å². The van der Waals surface area contributed by atoms with Crippen molar-refractivity contribution < 1.29 is 13.9 Å². The Bertz CT molecular complexity index is 700. The van der Waals surface area contributed by atoms with Crippen LogP contribution in [0.1, 0.15) is 11.3 Å². The number of nitrogens with zero attached hydrogens (tertiary/aromatic N) is 2. The van der Waals surface area contributed by atoms with Crippen LogP contribution in [-0.4, -0.2) is 51.1 Å². The molecule has 0 saturated heterocycles. The first-order chi connectivity index (χ1) is 12.6. The Morgan fingerprint density at radius 1 is 1.19 bits per heavy atom. The zero-order valence-corrected chi connectivity index (χ0v) is 18.2. The lowest BCUT2D eigenvalue weighted by molar-refractivity contribution is -0.127. The number of nitrogens with one attached hydrogen (secondary N) is 2. The van der Waals surface area contributed by atoms with Gasteiger partial charge >= 0.3 is 0 Å². The van der Waals surface area contributed by atoms with Crippen molar-refractivity contribution >= 4 is 35.8 Å². The van der Waals surface area contributed by atoms with E-state index in [-0.39, 0.29) is 36.4 Å². The summed E-state index contributed by atoms with van der Waals surface area (Å²) in [4.78, 5) is 17.9. The number of carbonyl (C=O) groups is 1. The fourth-order valence-electron chi connectivity index (χ4n) is 2.15. The first-order valence-corrected chi connectivity index (χ1v) is 8.46. The summed E-state index contributed by atoms with van der Waals surface area (Å²) in [6.45, 7) is 1.33. The second kappa shape index (κ2) is 12.2. The fraction of sp³-hybridized carbons (Fsp3) is 0.368. The number of carbonyl (C=O) groups excluding carboxylic acids is 1. The van der Waals surface area contributed by atoms with E-state index in [0.717, 1.165) is 23.5 Å². The molecule has 1 aromatic heterocycles. The summed E-state index contributed by atoms with van der Waals surface area (Å²) < 4.78 is 10.5. The number of rotatable bonds is 8. The Hall–Kier alpha value is -2.23. The van der Waals surface area contributed by atoms with E-state index in [1.165, 1.54) is 4.90 Å². The van der Waals surface area contributed by atoms with Gasteiger partial charge in [0.1, 0.15) is 11.5 Å². The number of methoxy groups -OCH3 is 1. The predicted octanol–water partition coefficient (Wildman–Crippen LogP) is 2.27. The maximum atomic E-state index is 11.8. The number of hydrogen-bond donors (Lipinski definition) is 2. The smallest absolute Gasteiger partial charge is 0.241 e. The van der Waals surface area contributed by atoms with Gasteiger partial charge in [0.2, 0.25) is 5.91 Å². The van der Waals surface area contributed by atoms with Crippen LogP contribution in [-0.2, 0) is 17.8 Å². The maximum Gasteiger partial charge on any atom is 0.241 e. The Balaban J connectivity index is 0.00000364. The highest BCUT2D eigenvalue weighted by Gasteiger charge is 2.06. The van der Waals surface area contributed by atoms with Gasteiger partial charge in [-0.1, -0.05) is 12.1 Å². The lowest BCUT2D eigenvalue weighted by atomic mass is 10.2. The number of likely N-dealkylation sites (N-methyl/N-ethyl adjacent to an activating group) is 1. The van der Waals surface area contributed by atoms with E-state index < -0.39 is 0 Å². The van der Waals surface area contributed by atoms with E-state index in [9.17, 15) is 4.79 Å².